The Balaban J connectivity index is 2.79. The molecular formula is C11H16N4O2. The Morgan fingerprint density at radius 1 is 1.41 bits per heavy atom. The lowest BCUT2D eigenvalue weighted by Crippen LogP contribution is -2.47. The molecule has 17 heavy (non-hydrogen) atoms. The van der Waals surface area contributed by atoms with Crippen LogP contribution in [0.1, 0.15) is 6.92 Å². The van der Waals surface area contributed by atoms with Crippen LogP contribution in [0.2, 0.25) is 0 Å². The van der Waals surface area contributed by atoms with Gasteiger partial charge in [0.25, 0.3) is 0 Å². The van der Waals surface area contributed by atoms with Gasteiger partial charge in [-0.25, -0.2) is 4.79 Å². The number of imide groups is 1. The summed E-state index contributed by atoms with van der Waals surface area (Å²) in [5, 5.41) is 2.03. The van der Waals surface area contributed by atoms with Crippen molar-refractivity contribution in [3.8, 4) is 0 Å². The van der Waals surface area contributed by atoms with Crippen molar-refractivity contribution < 1.29 is 9.59 Å². The Hall–Kier alpha value is -2.24. The first kappa shape index (κ1) is 12.8. The van der Waals surface area contributed by atoms with E-state index in [1.165, 1.54) is 0 Å². The van der Waals surface area contributed by atoms with Gasteiger partial charge in [-0.05, 0) is 25.1 Å². The summed E-state index contributed by atoms with van der Waals surface area (Å²) in [6.45, 7) is 1.67. The molecule has 6 nitrogen and oxygen atoms in total. The number of urea groups is 1. The molecule has 0 aliphatic rings. The summed E-state index contributed by atoms with van der Waals surface area (Å²) in [5.74, 6) is -0.456. The molecule has 0 saturated heterocycles. The van der Waals surface area contributed by atoms with Gasteiger partial charge in [0.15, 0.2) is 0 Å². The van der Waals surface area contributed by atoms with Gasteiger partial charge in [0.1, 0.15) is 6.04 Å². The van der Waals surface area contributed by atoms with Crippen molar-refractivity contribution in [3.05, 3.63) is 24.3 Å². The standard InChI is InChI=1S/C11H16N4O2/c1-7(10(16)14-11(13)17)15(2)9-5-3-4-8(12)6-9/h3-7H,12H2,1-2H3,(H3,13,14,16,17). The number of hydrogen-bond acceptors (Lipinski definition) is 4. The van der Waals surface area contributed by atoms with Gasteiger partial charge in [0.05, 0.1) is 0 Å². The molecule has 0 heterocycles. The number of amides is 3. The maximum Gasteiger partial charge on any atom is 0.318 e. The molecule has 1 atom stereocenters. The lowest BCUT2D eigenvalue weighted by molar-refractivity contribution is -0.120. The van der Waals surface area contributed by atoms with E-state index in [-0.39, 0.29) is 0 Å². The second-order valence-corrected chi connectivity index (χ2v) is 3.74. The Kier molecular flexibility index (Phi) is 3.92. The monoisotopic (exact) mass is 236 g/mol. The molecule has 0 radical (unpaired) electrons. The highest BCUT2D eigenvalue weighted by molar-refractivity contribution is 5.97. The smallest absolute Gasteiger partial charge is 0.318 e. The van der Waals surface area contributed by atoms with E-state index in [0.717, 1.165) is 5.69 Å². The molecule has 0 aliphatic carbocycles. The van der Waals surface area contributed by atoms with Gasteiger partial charge in [0.2, 0.25) is 5.91 Å². The minimum atomic E-state index is -0.858. The van der Waals surface area contributed by atoms with E-state index in [4.69, 9.17) is 11.5 Å². The van der Waals surface area contributed by atoms with Gasteiger partial charge < -0.3 is 16.4 Å². The van der Waals surface area contributed by atoms with Crippen LogP contribution in [0, 0.1) is 0 Å². The van der Waals surface area contributed by atoms with Crippen molar-refractivity contribution in [2.45, 2.75) is 13.0 Å². The molecule has 5 N–H and O–H groups in total. The van der Waals surface area contributed by atoms with E-state index in [1.807, 2.05) is 11.4 Å². The molecule has 6 heteroatoms. The highest BCUT2D eigenvalue weighted by Crippen LogP contribution is 2.18. The van der Waals surface area contributed by atoms with Gasteiger partial charge in [-0.2, -0.15) is 0 Å². The summed E-state index contributed by atoms with van der Waals surface area (Å²) < 4.78 is 0. The summed E-state index contributed by atoms with van der Waals surface area (Å²) in [6, 6.07) is 5.73. The number of hydrogen-bond donors (Lipinski definition) is 3. The highest BCUT2D eigenvalue weighted by Gasteiger charge is 2.19. The summed E-state index contributed by atoms with van der Waals surface area (Å²) in [7, 11) is 1.74. The third-order valence-corrected chi connectivity index (χ3v) is 2.48. The molecule has 3 amide bonds. The number of nitrogens with two attached hydrogens (primary N) is 2. The molecule has 0 spiro atoms. The lowest BCUT2D eigenvalue weighted by atomic mass is 10.2. The SMILES string of the molecule is CC(C(=O)NC(N)=O)N(C)c1cccc(N)c1. The second-order valence-electron chi connectivity index (χ2n) is 3.74. The van der Waals surface area contributed by atoms with E-state index in [9.17, 15) is 9.59 Å². The fraction of sp³-hybridized carbons (Fsp3) is 0.273. The maximum atomic E-state index is 11.6. The molecule has 0 bridgehead atoms. The molecule has 1 unspecified atom stereocenters. The van der Waals surface area contributed by atoms with Crippen molar-refractivity contribution in [3.63, 3.8) is 0 Å². The number of carbonyl (C=O) groups excluding carboxylic acids is 2. The number of nitrogens with zero attached hydrogens (tertiary/aromatic N) is 1. The Labute approximate surface area is 99.6 Å². The van der Waals surface area contributed by atoms with Crippen LogP contribution in [-0.2, 0) is 4.79 Å². The van der Waals surface area contributed by atoms with Crippen LogP contribution in [0.25, 0.3) is 0 Å². The molecule has 1 aromatic rings. The largest absolute Gasteiger partial charge is 0.399 e. The summed E-state index contributed by atoms with van der Waals surface area (Å²) in [4.78, 5) is 23.9. The maximum absolute atomic E-state index is 11.6. The predicted octanol–water partition coefficient (Wildman–Crippen LogP) is 0.288. The van der Waals surface area contributed by atoms with Gasteiger partial charge in [-0.15, -0.1) is 0 Å². The first-order valence-electron chi connectivity index (χ1n) is 5.10. The van der Waals surface area contributed by atoms with E-state index < -0.39 is 18.0 Å². The van der Waals surface area contributed by atoms with E-state index in [2.05, 4.69) is 0 Å². The van der Waals surface area contributed by atoms with Crippen molar-refractivity contribution in [1.82, 2.24) is 5.32 Å². The van der Waals surface area contributed by atoms with Crippen LogP contribution in [0.15, 0.2) is 24.3 Å². The van der Waals surface area contributed by atoms with Crippen LogP contribution < -0.4 is 21.7 Å². The quantitative estimate of drug-likeness (QED) is 0.656. The average molecular weight is 236 g/mol. The Morgan fingerprint density at radius 2 is 2.06 bits per heavy atom. The fourth-order valence-corrected chi connectivity index (χ4v) is 1.37. The molecule has 1 rings (SSSR count). The molecule has 0 fully saturated rings. The molecule has 0 saturated carbocycles. The molecule has 1 aromatic carbocycles. The third kappa shape index (κ3) is 3.37. The van der Waals surface area contributed by atoms with Gasteiger partial charge in [-0.3, -0.25) is 10.1 Å². The number of primary amides is 1. The Bertz CT molecular complexity index is 433. The Morgan fingerprint density at radius 3 is 2.59 bits per heavy atom. The normalized spacial score (nSPS) is 11.6. The van der Waals surface area contributed by atoms with Crippen LogP contribution in [-0.4, -0.2) is 25.0 Å². The number of carbonyl (C=O) groups is 2. The predicted molar refractivity (Wildman–Crippen MR) is 66.4 cm³/mol. The van der Waals surface area contributed by atoms with Crippen LogP contribution >= 0.6 is 0 Å². The lowest BCUT2D eigenvalue weighted by Gasteiger charge is -2.25. The second kappa shape index (κ2) is 5.20. The zero-order chi connectivity index (χ0) is 13.0. The number of likely N-dealkylation sites (N-methyl/N-ethyl adjacent to an activating group) is 1. The van der Waals surface area contributed by atoms with E-state index in [1.54, 1.807) is 37.1 Å². The summed E-state index contributed by atoms with van der Waals surface area (Å²) in [5.41, 5.74) is 11.9. The van der Waals surface area contributed by atoms with Crippen molar-refractivity contribution in [1.29, 1.82) is 0 Å². The molecule has 0 aliphatic heterocycles. The molecule has 92 valence electrons. The number of rotatable bonds is 3. The first-order chi connectivity index (χ1) is 7.91. The average Bonchev–Trinajstić information content (AvgIpc) is 2.26. The minimum absolute atomic E-state index is 0.456. The zero-order valence-electron chi connectivity index (χ0n) is 9.81. The van der Waals surface area contributed by atoms with E-state index in [0.29, 0.717) is 5.69 Å². The third-order valence-electron chi connectivity index (χ3n) is 2.48. The fourth-order valence-electron chi connectivity index (χ4n) is 1.37. The van der Waals surface area contributed by atoms with Crippen LogP contribution in [0.4, 0.5) is 16.2 Å². The zero-order valence-corrected chi connectivity index (χ0v) is 9.81. The number of nitrogen functional groups attached to an aromatic ring is 1. The van der Waals surface area contributed by atoms with Gasteiger partial charge in [-0.1, -0.05) is 6.07 Å². The van der Waals surface area contributed by atoms with Gasteiger partial charge in [0, 0.05) is 18.4 Å². The van der Waals surface area contributed by atoms with Crippen LogP contribution in [0.3, 0.4) is 0 Å². The summed E-state index contributed by atoms with van der Waals surface area (Å²) >= 11 is 0. The minimum Gasteiger partial charge on any atom is -0.399 e. The van der Waals surface area contributed by atoms with Crippen molar-refractivity contribution >= 4 is 23.3 Å². The first-order valence-corrected chi connectivity index (χ1v) is 5.10. The number of benzene rings is 1. The number of anilines is 2. The van der Waals surface area contributed by atoms with Gasteiger partial charge >= 0.3 is 6.03 Å². The van der Waals surface area contributed by atoms with Crippen molar-refractivity contribution in [2.75, 3.05) is 17.7 Å². The van der Waals surface area contributed by atoms with Crippen molar-refractivity contribution in [2.24, 2.45) is 5.73 Å². The van der Waals surface area contributed by atoms with Crippen LogP contribution in [0.5, 0.6) is 0 Å². The molecular weight excluding hydrogens is 220 g/mol. The number of nitrogens with one attached hydrogen (secondary N) is 1. The van der Waals surface area contributed by atoms with E-state index >= 15 is 0 Å². The molecule has 0 aromatic heterocycles. The highest BCUT2D eigenvalue weighted by atomic mass is 16.2. The summed E-state index contributed by atoms with van der Waals surface area (Å²) in [6.07, 6.45) is 0. The topological polar surface area (TPSA) is 101 Å².